The average molecular weight is 426 g/mol. The minimum absolute atomic E-state index is 0.0224. The Morgan fingerprint density at radius 3 is 2.55 bits per heavy atom. The van der Waals surface area contributed by atoms with E-state index in [-0.39, 0.29) is 11.8 Å². The maximum atomic E-state index is 12.8. The Balaban J connectivity index is 1.44. The van der Waals surface area contributed by atoms with Crippen molar-refractivity contribution in [2.75, 3.05) is 33.3 Å². The number of carbonyl (C=O) groups excluding carboxylic acids is 2. The molecule has 0 spiro atoms. The standard InChI is InChI=1S/C23H31N5O3/c1-26-16-18-10-13-27(14-11-18)22(29)5-2-4-20-17-28(25-24-20)12-3-15-31-21-8-6-19(7-9-21)23(26)30/h6-9,17-18H,2-5,10-16H2,1H3. The molecule has 6 rings (SSSR count). The summed E-state index contributed by atoms with van der Waals surface area (Å²) in [5.74, 6) is 1.43. The van der Waals surface area contributed by atoms with Crippen molar-refractivity contribution in [2.45, 2.75) is 45.1 Å². The number of rotatable bonds is 0. The predicted molar refractivity (Wildman–Crippen MR) is 116 cm³/mol. The van der Waals surface area contributed by atoms with Gasteiger partial charge >= 0.3 is 0 Å². The van der Waals surface area contributed by atoms with Crippen LogP contribution in [0, 0.1) is 5.92 Å². The van der Waals surface area contributed by atoms with Crippen molar-refractivity contribution >= 4 is 11.8 Å². The predicted octanol–water partition coefficient (Wildman–Crippen LogP) is 2.39. The first-order valence-corrected chi connectivity index (χ1v) is 11.2. The van der Waals surface area contributed by atoms with Crippen LogP contribution in [-0.2, 0) is 17.8 Å². The molecule has 5 heterocycles. The van der Waals surface area contributed by atoms with E-state index in [4.69, 9.17) is 4.74 Å². The van der Waals surface area contributed by atoms with Crippen LogP contribution in [0.4, 0.5) is 0 Å². The van der Waals surface area contributed by atoms with E-state index in [1.807, 2.05) is 47.1 Å². The van der Waals surface area contributed by atoms with Gasteiger partial charge in [0, 0.05) is 57.8 Å². The first-order valence-electron chi connectivity index (χ1n) is 11.2. The number of benzene rings is 1. The van der Waals surface area contributed by atoms with Gasteiger partial charge in [0.2, 0.25) is 5.91 Å². The Labute approximate surface area is 183 Å². The smallest absolute Gasteiger partial charge is 0.253 e. The summed E-state index contributed by atoms with van der Waals surface area (Å²) in [5.41, 5.74) is 1.60. The van der Waals surface area contributed by atoms with E-state index in [0.29, 0.717) is 24.5 Å². The topological polar surface area (TPSA) is 80.6 Å². The molecule has 2 amide bonds. The van der Waals surface area contributed by atoms with Crippen LogP contribution in [0.5, 0.6) is 5.75 Å². The minimum atomic E-state index is 0.0224. The number of hydrogen-bond donors (Lipinski definition) is 0. The molecule has 8 heteroatoms. The number of piperidine rings is 1. The Hall–Kier alpha value is -2.90. The zero-order valence-electron chi connectivity index (χ0n) is 18.2. The molecule has 6 bridgehead atoms. The highest BCUT2D eigenvalue weighted by atomic mass is 16.5. The van der Waals surface area contributed by atoms with E-state index in [0.717, 1.165) is 69.7 Å². The lowest BCUT2D eigenvalue weighted by atomic mass is 9.95. The van der Waals surface area contributed by atoms with E-state index in [1.54, 1.807) is 4.90 Å². The molecule has 0 atom stereocenters. The van der Waals surface area contributed by atoms with Crippen LogP contribution in [0.1, 0.15) is 48.2 Å². The van der Waals surface area contributed by atoms with Crippen molar-refractivity contribution in [3.05, 3.63) is 41.7 Å². The number of amides is 2. The third-order valence-electron chi connectivity index (χ3n) is 6.16. The fourth-order valence-electron chi connectivity index (χ4n) is 4.31. The summed E-state index contributed by atoms with van der Waals surface area (Å²) in [4.78, 5) is 29.1. The van der Waals surface area contributed by atoms with Crippen LogP contribution in [-0.4, -0.2) is 69.9 Å². The molecule has 1 fully saturated rings. The molecule has 1 aromatic heterocycles. The Morgan fingerprint density at radius 1 is 1.00 bits per heavy atom. The molecule has 1 aromatic carbocycles. The van der Waals surface area contributed by atoms with Gasteiger partial charge in [0.25, 0.3) is 5.91 Å². The molecule has 4 aliphatic heterocycles. The van der Waals surface area contributed by atoms with E-state index < -0.39 is 0 Å². The third-order valence-corrected chi connectivity index (χ3v) is 6.16. The van der Waals surface area contributed by atoms with Crippen LogP contribution in [0.15, 0.2) is 30.5 Å². The van der Waals surface area contributed by atoms with E-state index in [2.05, 4.69) is 10.3 Å². The van der Waals surface area contributed by atoms with E-state index >= 15 is 0 Å². The number of aromatic nitrogens is 3. The van der Waals surface area contributed by atoms with Gasteiger partial charge in [-0.1, -0.05) is 5.21 Å². The Morgan fingerprint density at radius 2 is 1.77 bits per heavy atom. The van der Waals surface area contributed by atoms with Crippen LogP contribution in [0.3, 0.4) is 0 Å². The normalized spacial score (nSPS) is 19.8. The summed E-state index contributed by atoms with van der Waals surface area (Å²) < 4.78 is 7.63. The lowest BCUT2D eigenvalue weighted by molar-refractivity contribution is -0.132. The zero-order chi connectivity index (χ0) is 21.6. The van der Waals surface area contributed by atoms with Gasteiger partial charge in [-0.15, -0.1) is 5.10 Å². The molecule has 0 N–H and O–H groups in total. The molecule has 1 saturated heterocycles. The van der Waals surface area contributed by atoms with Gasteiger partial charge in [0.05, 0.1) is 12.3 Å². The molecular weight excluding hydrogens is 394 g/mol. The van der Waals surface area contributed by atoms with Crippen molar-refractivity contribution in [1.29, 1.82) is 0 Å². The lowest BCUT2D eigenvalue weighted by Crippen LogP contribution is -2.42. The van der Waals surface area contributed by atoms with Gasteiger partial charge in [0.15, 0.2) is 0 Å². The van der Waals surface area contributed by atoms with Crippen molar-refractivity contribution < 1.29 is 14.3 Å². The number of ether oxygens (including phenoxy) is 1. The number of nitrogens with zero attached hydrogens (tertiary/aromatic N) is 5. The molecule has 4 aliphatic rings. The summed E-state index contributed by atoms with van der Waals surface area (Å²) in [6.07, 6.45) is 6.72. The molecular formula is C23H31N5O3. The summed E-state index contributed by atoms with van der Waals surface area (Å²) in [6.45, 7) is 3.55. The van der Waals surface area contributed by atoms with Crippen molar-refractivity contribution in [1.82, 2.24) is 24.8 Å². The summed E-state index contributed by atoms with van der Waals surface area (Å²) in [5, 5.41) is 8.40. The van der Waals surface area contributed by atoms with Crippen molar-refractivity contribution in [3.8, 4) is 5.75 Å². The second-order valence-corrected chi connectivity index (χ2v) is 8.56. The van der Waals surface area contributed by atoms with Gasteiger partial charge in [-0.25, -0.2) is 0 Å². The first kappa shape index (κ1) is 21.3. The molecule has 31 heavy (non-hydrogen) atoms. The van der Waals surface area contributed by atoms with Crippen molar-refractivity contribution in [2.24, 2.45) is 5.92 Å². The summed E-state index contributed by atoms with van der Waals surface area (Å²) >= 11 is 0. The SMILES string of the molecule is CN1CC2CCN(CC2)C(=O)CCCc2cn(nn2)CCCOc2ccc(cc2)C1=O. The van der Waals surface area contributed by atoms with Gasteiger partial charge in [-0.05, 0) is 55.9 Å². The van der Waals surface area contributed by atoms with Gasteiger partial charge in [0.1, 0.15) is 5.75 Å². The Bertz CT molecular complexity index is 887. The van der Waals surface area contributed by atoms with Gasteiger partial charge in [-0.2, -0.15) is 0 Å². The zero-order valence-corrected chi connectivity index (χ0v) is 18.2. The molecule has 0 aliphatic carbocycles. The highest BCUT2D eigenvalue weighted by Crippen LogP contribution is 2.21. The molecule has 166 valence electrons. The highest BCUT2D eigenvalue weighted by molar-refractivity contribution is 5.94. The molecule has 0 saturated carbocycles. The maximum absolute atomic E-state index is 12.8. The average Bonchev–Trinajstić information content (AvgIpc) is 3.24. The number of carbonyl (C=O) groups is 2. The van der Waals surface area contributed by atoms with E-state index in [1.165, 1.54) is 0 Å². The number of aryl methyl sites for hydroxylation is 2. The molecule has 8 nitrogen and oxygen atoms in total. The first-order chi connectivity index (χ1) is 15.1. The summed E-state index contributed by atoms with van der Waals surface area (Å²) in [6, 6.07) is 7.35. The second-order valence-electron chi connectivity index (χ2n) is 8.56. The quantitative estimate of drug-likeness (QED) is 0.648. The Kier molecular flexibility index (Phi) is 6.84. The van der Waals surface area contributed by atoms with Gasteiger partial charge < -0.3 is 14.5 Å². The lowest BCUT2D eigenvalue weighted by Gasteiger charge is -2.34. The van der Waals surface area contributed by atoms with Crippen LogP contribution in [0.25, 0.3) is 0 Å². The van der Waals surface area contributed by atoms with Gasteiger partial charge in [-0.3, -0.25) is 14.3 Å². The number of hydrogen-bond acceptors (Lipinski definition) is 5. The molecule has 0 unspecified atom stereocenters. The summed E-state index contributed by atoms with van der Waals surface area (Å²) in [7, 11) is 1.86. The molecule has 2 aromatic rings. The van der Waals surface area contributed by atoms with Crippen molar-refractivity contribution in [3.63, 3.8) is 0 Å². The molecule has 0 radical (unpaired) electrons. The maximum Gasteiger partial charge on any atom is 0.253 e. The van der Waals surface area contributed by atoms with E-state index in [9.17, 15) is 9.59 Å². The van der Waals surface area contributed by atoms with Crippen LogP contribution < -0.4 is 4.74 Å². The monoisotopic (exact) mass is 425 g/mol. The fraction of sp³-hybridized carbons (Fsp3) is 0.565. The van der Waals surface area contributed by atoms with Crippen LogP contribution in [0.2, 0.25) is 0 Å². The highest BCUT2D eigenvalue weighted by Gasteiger charge is 2.25. The second kappa shape index (κ2) is 9.94. The third kappa shape index (κ3) is 5.62. The number of fused-ring (bicyclic) bond motifs is 2. The minimum Gasteiger partial charge on any atom is -0.494 e. The largest absolute Gasteiger partial charge is 0.494 e. The fourth-order valence-corrected chi connectivity index (χ4v) is 4.31. The van der Waals surface area contributed by atoms with Crippen LogP contribution >= 0.6 is 0 Å².